The van der Waals surface area contributed by atoms with Crippen LogP contribution in [-0.4, -0.2) is 24.8 Å². The minimum Gasteiger partial charge on any atom is -0.465 e. The van der Waals surface area contributed by atoms with E-state index < -0.39 is 6.09 Å². The maximum atomic E-state index is 10.5. The molecule has 1 aromatic rings. The number of benzene rings is 1. The molecular weight excluding hydrogens is 180 g/mol. The molecule has 0 spiro atoms. The third-order valence-corrected chi connectivity index (χ3v) is 1.91. The zero-order chi connectivity index (χ0) is 10.4. The Hall–Kier alpha value is -1.55. The Morgan fingerprint density at radius 3 is 2.57 bits per heavy atom. The number of nitrogens with one attached hydrogen (secondary N) is 2. The number of rotatable bonds is 4. The maximum absolute atomic E-state index is 10.5. The highest BCUT2D eigenvalue weighted by molar-refractivity contribution is 5.65. The standard InChI is InChI=1S/C10H14N2O2/c1-11-7-9(12-10(13)14)8-5-3-2-4-6-8/h2-6,9,11-12H,7H2,1H3,(H,13,14). The number of amides is 1. The number of hydrogen-bond acceptors (Lipinski definition) is 2. The first kappa shape index (κ1) is 10.5. The van der Waals surface area contributed by atoms with Gasteiger partial charge in [-0.1, -0.05) is 30.3 Å². The first-order valence-corrected chi connectivity index (χ1v) is 4.43. The molecule has 0 heterocycles. The lowest BCUT2D eigenvalue weighted by molar-refractivity contribution is 0.189. The summed E-state index contributed by atoms with van der Waals surface area (Å²) >= 11 is 0. The van der Waals surface area contributed by atoms with Gasteiger partial charge in [0.15, 0.2) is 0 Å². The topological polar surface area (TPSA) is 61.4 Å². The van der Waals surface area contributed by atoms with Gasteiger partial charge < -0.3 is 15.7 Å². The Labute approximate surface area is 82.9 Å². The van der Waals surface area contributed by atoms with Crippen molar-refractivity contribution in [3.63, 3.8) is 0 Å². The van der Waals surface area contributed by atoms with Crippen molar-refractivity contribution in [3.8, 4) is 0 Å². The SMILES string of the molecule is CNCC(NC(=O)O)c1ccccc1. The number of likely N-dealkylation sites (N-methyl/N-ethyl adjacent to an activating group) is 1. The van der Waals surface area contributed by atoms with Crippen LogP contribution in [0.3, 0.4) is 0 Å². The number of hydrogen-bond donors (Lipinski definition) is 3. The average molecular weight is 194 g/mol. The normalized spacial score (nSPS) is 12.1. The summed E-state index contributed by atoms with van der Waals surface area (Å²) in [6.07, 6.45) is -1.01. The van der Waals surface area contributed by atoms with Gasteiger partial charge in [0.05, 0.1) is 6.04 Å². The van der Waals surface area contributed by atoms with Gasteiger partial charge in [0.1, 0.15) is 0 Å². The lowest BCUT2D eigenvalue weighted by atomic mass is 10.1. The molecule has 1 unspecified atom stereocenters. The van der Waals surface area contributed by atoms with Crippen molar-refractivity contribution in [1.29, 1.82) is 0 Å². The van der Waals surface area contributed by atoms with Crippen molar-refractivity contribution in [2.45, 2.75) is 6.04 Å². The largest absolute Gasteiger partial charge is 0.465 e. The molecule has 0 aliphatic heterocycles. The van der Waals surface area contributed by atoms with Crippen molar-refractivity contribution in [2.75, 3.05) is 13.6 Å². The summed E-state index contributed by atoms with van der Waals surface area (Å²) < 4.78 is 0. The second-order valence-corrected chi connectivity index (χ2v) is 2.97. The zero-order valence-electron chi connectivity index (χ0n) is 8.03. The van der Waals surface area contributed by atoms with Gasteiger partial charge in [-0.05, 0) is 12.6 Å². The summed E-state index contributed by atoms with van der Waals surface area (Å²) in [4.78, 5) is 10.5. The van der Waals surface area contributed by atoms with E-state index in [1.54, 1.807) is 7.05 Å². The fourth-order valence-electron chi connectivity index (χ4n) is 1.29. The van der Waals surface area contributed by atoms with E-state index in [9.17, 15) is 4.79 Å². The number of carboxylic acid groups (broad SMARTS) is 1. The van der Waals surface area contributed by atoms with Crippen LogP contribution in [0.25, 0.3) is 0 Å². The maximum Gasteiger partial charge on any atom is 0.405 e. The third kappa shape index (κ3) is 3.06. The molecule has 0 fully saturated rings. The molecule has 3 N–H and O–H groups in total. The molecule has 0 saturated heterocycles. The van der Waals surface area contributed by atoms with Crippen LogP contribution in [0.2, 0.25) is 0 Å². The summed E-state index contributed by atoms with van der Waals surface area (Å²) in [5.41, 5.74) is 0.962. The van der Waals surface area contributed by atoms with Crippen LogP contribution in [0.1, 0.15) is 11.6 Å². The van der Waals surface area contributed by atoms with Gasteiger partial charge in [-0.25, -0.2) is 4.79 Å². The van der Waals surface area contributed by atoms with Crippen LogP contribution in [0, 0.1) is 0 Å². The van der Waals surface area contributed by atoms with Crippen LogP contribution >= 0.6 is 0 Å². The van der Waals surface area contributed by atoms with Crippen molar-refractivity contribution in [2.24, 2.45) is 0 Å². The van der Waals surface area contributed by atoms with E-state index in [0.29, 0.717) is 6.54 Å². The van der Waals surface area contributed by atoms with Crippen molar-refractivity contribution >= 4 is 6.09 Å². The monoisotopic (exact) mass is 194 g/mol. The van der Waals surface area contributed by atoms with Gasteiger partial charge >= 0.3 is 6.09 Å². The Balaban J connectivity index is 2.72. The van der Waals surface area contributed by atoms with Crippen LogP contribution in [-0.2, 0) is 0 Å². The fraction of sp³-hybridized carbons (Fsp3) is 0.300. The van der Waals surface area contributed by atoms with Crippen molar-refractivity contribution in [3.05, 3.63) is 35.9 Å². The van der Waals surface area contributed by atoms with Gasteiger partial charge in [-0.2, -0.15) is 0 Å². The Morgan fingerprint density at radius 1 is 1.43 bits per heavy atom. The second-order valence-electron chi connectivity index (χ2n) is 2.97. The van der Waals surface area contributed by atoms with Crippen molar-refractivity contribution < 1.29 is 9.90 Å². The van der Waals surface area contributed by atoms with E-state index in [4.69, 9.17) is 5.11 Å². The second kappa shape index (κ2) is 5.24. The molecule has 1 rings (SSSR count). The van der Waals surface area contributed by atoms with Gasteiger partial charge in [-0.15, -0.1) is 0 Å². The van der Waals surface area contributed by atoms with Crippen LogP contribution in [0.4, 0.5) is 4.79 Å². The van der Waals surface area contributed by atoms with E-state index in [1.807, 2.05) is 30.3 Å². The molecule has 4 heteroatoms. The van der Waals surface area contributed by atoms with E-state index in [1.165, 1.54) is 0 Å². The van der Waals surface area contributed by atoms with E-state index in [0.717, 1.165) is 5.56 Å². The first-order chi connectivity index (χ1) is 6.74. The highest BCUT2D eigenvalue weighted by Gasteiger charge is 2.11. The number of carbonyl (C=O) groups is 1. The van der Waals surface area contributed by atoms with E-state index in [2.05, 4.69) is 10.6 Å². The van der Waals surface area contributed by atoms with Gasteiger partial charge in [-0.3, -0.25) is 0 Å². The molecule has 1 amide bonds. The summed E-state index contributed by atoms with van der Waals surface area (Å²) in [6.45, 7) is 0.580. The molecule has 0 aliphatic carbocycles. The predicted molar refractivity (Wildman–Crippen MR) is 54.3 cm³/mol. The summed E-state index contributed by atoms with van der Waals surface area (Å²) in [7, 11) is 1.79. The molecule has 4 nitrogen and oxygen atoms in total. The smallest absolute Gasteiger partial charge is 0.405 e. The summed E-state index contributed by atoms with van der Waals surface area (Å²) in [5.74, 6) is 0. The lowest BCUT2D eigenvalue weighted by Crippen LogP contribution is -2.33. The Morgan fingerprint density at radius 2 is 2.07 bits per heavy atom. The molecular formula is C10H14N2O2. The van der Waals surface area contributed by atoms with E-state index >= 15 is 0 Å². The molecule has 76 valence electrons. The van der Waals surface area contributed by atoms with Crippen LogP contribution in [0.15, 0.2) is 30.3 Å². The van der Waals surface area contributed by atoms with Crippen LogP contribution < -0.4 is 10.6 Å². The molecule has 0 aliphatic rings. The van der Waals surface area contributed by atoms with Crippen molar-refractivity contribution in [1.82, 2.24) is 10.6 Å². The van der Waals surface area contributed by atoms with Gasteiger partial charge in [0.2, 0.25) is 0 Å². The minimum absolute atomic E-state index is 0.196. The minimum atomic E-state index is -1.01. The molecule has 14 heavy (non-hydrogen) atoms. The molecule has 0 aromatic heterocycles. The van der Waals surface area contributed by atoms with Gasteiger partial charge in [0, 0.05) is 6.54 Å². The summed E-state index contributed by atoms with van der Waals surface area (Å²) in [6, 6.07) is 9.29. The molecule has 0 radical (unpaired) electrons. The summed E-state index contributed by atoms with van der Waals surface area (Å²) in [5, 5.41) is 14.0. The highest BCUT2D eigenvalue weighted by atomic mass is 16.4. The predicted octanol–water partition coefficient (Wildman–Crippen LogP) is 1.21. The quantitative estimate of drug-likeness (QED) is 0.675. The van der Waals surface area contributed by atoms with Gasteiger partial charge in [0.25, 0.3) is 0 Å². The average Bonchev–Trinajstić information content (AvgIpc) is 2.18. The first-order valence-electron chi connectivity index (χ1n) is 4.43. The zero-order valence-corrected chi connectivity index (χ0v) is 8.03. The molecule has 0 saturated carbocycles. The highest BCUT2D eigenvalue weighted by Crippen LogP contribution is 2.10. The van der Waals surface area contributed by atoms with Crippen LogP contribution in [0.5, 0.6) is 0 Å². The Kier molecular flexibility index (Phi) is 3.94. The molecule has 1 atom stereocenters. The fourth-order valence-corrected chi connectivity index (χ4v) is 1.29. The Bertz CT molecular complexity index is 287. The molecule has 0 bridgehead atoms. The third-order valence-electron chi connectivity index (χ3n) is 1.91. The molecule has 1 aromatic carbocycles. The van der Waals surface area contributed by atoms with E-state index in [-0.39, 0.29) is 6.04 Å². The lowest BCUT2D eigenvalue weighted by Gasteiger charge is -2.16.